The number of thiazole rings is 1. The van der Waals surface area contributed by atoms with E-state index in [4.69, 9.17) is 0 Å². The van der Waals surface area contributed by atoms with Crippen molar-refractivity contribution in [2.45, 2.75) is 6.42 Å². The van der Waals surface area contributed by atoms with Gasteiger partial charge in [0.25, 0.3) is 0 Å². The third-order valence-electron chi connectivity index (χ3n) is 2.05. The van der Waals surface area contributed by atoms with Crippen LogP contribution in [0.5, 0.6) is 0 Å². The fourth-order valence-electron chi connectivity index (χ4n) is 1.35. The minimum absolute atomic E-state index is 0.128. The molecule has 1 amide bonds. The molecule has 0 aromatic carbocycles. The molecule has 6 heteroatoms. The number of amides is 1. The maximum Gasteiger partial charge on any atom is 0.221 e. The van der Waals surface area contributed by atoms with Crippen molar-refractivity contribution in [3.63, 3.8) is 0 Å². The van der Waals surface area contributed by atoms with E-state index < -0.39 is 0 Å². The van der Waals surface area contributed by atoms with E-state index in [1.165, 1.54) is 0 Å². The Morgan fingerprint density at radius 2 is 2.43 bits per heavy atom. The van der Waals surface area contributed by atoms with Crippen molar-refractivity contribution in [3.05, 3.63) is 9.98 Å². The Balaban J connectivity index is 2.07. The first-order valence-electron chi connectivity index (χ1n) is 4.38. The molecule has 0 unspecified atom stereocenters. The van der Waals surface area contributed by atoms with Gasteiger partial charge in [0, 0.05) is 31.4 Å². The van der Waals surface area contributed by atoms with Gasteiger partial charge in [0.05, 0.1) is 0 Å². The first kappa shape index (κ1) is 9.92. The molecular weight excluding hydrogens is 266 g/mol. The average Bonchev–Trinajstić information content (AvgIpc) is 2.46. The summed E-state index contributed by atoms with van der Waals surface area (Å²) in [4.78, 5) is 17.6. The quantitative estimate of drug-likeness (QED) is 0.839. The lowest BCUT2D eigenvalue weighted by atomic mass is 10.4. The summed E-state index contributed by atoms with van der Waals surface area (Å²) in [5.41, 5.74) is 0. The van der Waals surface area contributed by atoms with Crippen LogP contribution in [0.2, 0.25) is 0 Å². The van der Waals surface area contributed by atoms with Crippen molar-refractivity contribution in [1.29, 1.82) is 0 Å². The predicted octanol–water partition coefficient (Wildman–Crippen LogP) is 1.23. The van der Waals surface area contributed by atoms with E-state index in [0.717, 1.165) is 22.8 Å². The van der Waals surface area contributed by atoms with Crippen LogP contribution in [0, 0.1) is 0 Å². The van der Waals surface area contributed by atoms with Crippen LogP contribution in [0.4, 0.5) is 5.13 Å². The second-order valence-electron chi connectivity index (χ2n) is 3.04. The van der Waals surface area contributed by atoms with Crippen molar-refractivity contribution in [2.24, 2.45) is 0 Å². The highest BCUT2D eigenvalue weighted by molar-refractivity contribution is 9.10. The number of hydrogen-bond donors (Lipinski definition) is 1. The van der Waals surface area contributed by atoms with E-state index in [-0.39, 0.29) is 5.91 Å². The third kappa shape index (κ3) is 2.24. The third-order valence-corrected chi connectivity index (χ3v) is 3.66. The van der Waals surface area contributed by atoms with Gasteiger partial charge in [-0.1, -0.05) is 0 Å². The summed E-state index contributed by atoms with van der Waals surface area (Å²) in [5.74, 6) is 0.128. The van der Waals surface area contributed by atoms with Gasteiger partial charge < -0.3 is 10.2 Å². The standard InChI is InChI=1S/C8H10BrN3OS/c9-6-5-14-8(11-6)12-3-1-7(13)10-2-4-12/h5H,1-4H2,(H,10,13). The Hall–Kier alpha value is -0.620. The van der Waals surface area contributed by atoms with Gasteiger partial charge in [-0.2, -0.15) is 0 Å². The maximum absolute atomic E-state index is 11.1. The smallest absolute Gasteiger partial charge is 0.221 e. The molecule has 1 aliphatic rings. The maximum atomic E-state index is 11.1. The number of aromatic nitrogens is 1. The summed E-state index contributed by atoms with van der Waals surface area (Å²) in [6, 6.07) is 0. The molecule has 14 heavy (non-hydrogen) atoms. The Kier molecular flexibility index (Phi) is 3.02. The number of carbonyl (C=O) groups is 1. The van der Waals surface area contributed by atoms with Gasteiger partial charge in [0.15, 0.2) is 5.13 Å². The zero-order chi connectivity index (χ0) is 9.97. The highest BCUT2D eigenvalue weighted by atomic mass is 79.9. The van der Waals surface area contributed by atoms with Crippen LogP contribution < -0.4 is 10.2 Å². The van der Waals surface area contributed by atoms with E-state index in [2.05, 4.69) is 31.1 Å². The molecule has 1 aromatic rings. The summed E-state index contributed by atoms with van der Waals surface area (Å²) < 4.78 is 0.862. The van der Waals surface area contributed by atoms with E-state index >= 15 is 0 Å². The molecule has 0 radical (unpaired) electrons. The molecule has 0 atom stereocenters. The first-order valence-corrected chi connectivity index (χ1v) is 6.05. The van der Waals surface area contributed by atoms with E-state index in [1.54, 1.807) is 11.3 Å². The lowest BCUT2D eigenvalue weighted by Gasteiger charge is -2.17. The molecule has 2 rings (SSSR count). The lowest BCUT2D eigenvalue weighted by molar-refractivity contribution is -0.120. The van der Waals surface area contributed by atoms with Crippen molar-refractivity contribution < 1.29 is 4.79 Å². The molecule has 1 fully saturated rings. The first-order chi connectivity index (χ1) is 6.75. The minimum atomic E-state index is 0.128. The van der Waals surface area contributed by atoms with Crippen LogP contribution in [-0.4, -0.2) is 30.5 Å². The monoisotopic (exact) mass is 275 g/mol. The van der Waals surface area contributed by atoms with Gasteiger partial charge in [-0.25, -0.2) is 4.98 Å². The summed E-state index contributed by atoms with van der Waals surface area (Å²) >= 11 is 4.92. The normalized spacial score (nSPS) is 17.8. The Morgan fingerprint density at radius 3 is 3.14 bits per heavy atom. The lowest BCUT2D eigenvalue weighted by Crippen LogP contribution is -2.28. The number of nitrogens with zero attached hydrogens (tertiary/aromatic N) is 2. The molecule has 1 saturated heterocycles. The van der Waals surface area contributed by atoms with Crippen LogP contribution in [-0.2, 0) is 4.79 Å². The molecule has 4 nitrogen and oxygen atoms in total. The van der Waals surface area contributed by atoms with Crippen LogP contribution in [0.1, 0.15) is 6.42 Å². The zero-order valence-corrected chi connectivity index (χ0v) is 9.90. The molecular formula is C8H10BrN3OS. The largest absolute Gasteiger partial charge is 0.354 e. The van der Waals surface area contributed by atoms with Gasteiger partial charge in [-0.15, -0.1) is 11.3 Å². The molecule has 0 bridgehead atoms. The van der Waals surface area contributed by atoms with Gasteiger partial charge >= 0.3 is 0 Å². The second-order valence-corrected chi connectivity index (χ2v) is 4.69. The minimum Gasteiger partial charge on any atom is -0.354 e. The van der Waals surface area contributed by atoms with Crippen molar-refractivity contribution in [1.82, 2.24) is 10.3 Å². The molecule has 1 N–H and O–H groups in total. The number of nitrogens with one attached hydrogen (secondary N) is 1. The van der Waals surface area contributed by atoms with Gasteiger partial charge in [0.1, 0.15) is 4.60 Å². The molecule has 1 aliphatic heterocycles. The topological polar surface area (TPSA) is 45.2 Å². The molecule has 0 aliphatic carbocycles. The Morgan fingerprint density at radius 1 is 1.57 bits per heavy atom. The van der Waals surface area contributed by atoms with Gasteiger partial charge in [0.2, 0.25) is 5.91 Å². The van der Waals surface area contributed by atoms with Crippen molar-refractivity contribution in [2.75, 3.05) is 24.5 Å². The van der Waals surface area contributed by atoms with Crippen LogP contribution in [0.15, 0.2) is 9.98 Å². The molecule has 0 saturated carbocycles. The van der Waals surface area contributed by atoms with Crippen molar-refractivity contribution >= 4 is 38.3 Å². The van der Waals surface area contributed by atoms with Crippen molar-refractivity contribution in [3.8, 4) is 0 Å². The van der Waals surface area contributed by atoms with E-state index in [1.807, 2.05) is 5.38 Å². The number of halogens is 1. The average molecular weight is 276 g/mol. The summed E-state index contributed by atoms with van der Waals surface area (Å²) in [7, 11) is 0. The van der Waals surface area contributed by atoms with Crippen LogP contribution in [0.25, 0.3) is 0 Å². The van der Waals surface area contributed by atoms with Crippen LogP contribution in [0.3, 0.4) is 0 Å². The summed E-state index contributed by atoms with van der Waals surface area (Å²) in [5, 5.41) is 5.77. The van der Waals surface area contributed by atoms with E-state index in [0.29, 0.717) is 13.0 Å². The van der Waals surface area contributed by atoms with Crippen LogP contribution >= 0.6 is 27.3 Å². The molecule has 76 valence electrons. The second kappa shape index (κ2) is 4.27. The Bertz CT molecular complexity index is 341. The van der Waals surface area contributed by atoms with Gasteiger partial charge in [-0.05, 0) is 15.9 Å². The summed E-state index contributed by atoms with van der Waals surface area (Å²) in [6.45, 7) is 2.30. The SMILES string of the molecule is O=C1CCN(c2nc(Br)cs2)CCN1. The number of carbonyl (C=O) groups excluding carboxylic acids is 1. The number of anilines is 1. The predicted molar refractivity (Wildman–Crippen MR) is 59.7 cm³/mol. The molecule has 1 aromatic heterocycles. The zero-order valence-electron chi connectivity index (χ0n) is 7.49. The fourth-order valence-corrected chi connectivity index (χ4v) is 2.65. The highest BCUT2D eigenvalue weighted by Gasteiger charge is 2.15. The Labute approximate surface area is 94.4 Å². The van der Waals surface area contributed by atoms with E-state index in [9.17, 15) is 4.79 Å². The molecule has 2 heterocycles. The molecule has 0 spiro atoms. The number of rotatable bonds is 1. The summed E-state index contributed by atoms with van der Waals surface area (Å²) in [6.07, 6.45) is 0.553. The van der Waals surface area contributed by atoms with Gasteiger partial charge in [-0.3, -0.25) is 4.79 Å². The highest BCUT2D eigenvalue weighted by Crippen LogP contribution is 2.23. The fraction of sp³-hybridized carbons (Fsp3) is 0.500. The number of hydrogen-bond acceptors (Lipinski definition) is 4.